The molecule has 3 aromatic rings. The lowest BCUT2D eigenvalue weighted by Crippen LogP contribution is -2.41. The first-order chi connectivity index (χ1) is 17.3. The van der Waals surface area contributed by atoms with Crippen LogP contribution in [0.2, 0.25) is 5.02 Å². The second-order valence-electron chi connectivity index (χ2n) is 8.08. The topological polar surface area (TPSA) is 75.7 Å². The van der Waals surface area contributed by atoms with Crippen LogP contribution in [-0.2, 0) is 20.6 Å². The first-order valence-corrected chi connectivity index (χ1v) is 14.7. The van der Waals surface area contributed by atoms with Crippen molar-refractivity contribution in [2.75, 3.05) is 29.8 Å². The Labute approximate surface area is 223 Å². The number of amides is 1. The number of carbonyl (C=O) groups excluding carboxylic acids is 1. The van der Waals surface area contributed by atoms with E-state index in [9.17, 15) is 13.2 Å². The van der Waals surface area contributed by atoms with E-state index in [0.717, 1.165) is 22.2 Å². The van der Waals surface area contributed by atoms with Gasteiger partial charge in [0.05, 0.1) is 17.2 Å². The van der Waals surface area contributed by atoms with Crippen LogP contribution in [0.25, 0.3) is 0 Å². The molecule has 0 aliphatic heterocycles. The molecule has 192 valence electrons. The van der Waals surface area contributed by atoms with Gasteiger partial charge in [-0.25, -0.2) is 8.42 Å². The number of halogens is 1. The zero-order chi connectivity index (χ0) is 26.0. The van der Waals surface area contributed by atoms with Crippen LogP contribution in [0.3, 0.4) is 0 Å². The lowest BCUT2D eigenvalue weighted by molar-refractivity contribution is -0.119. The summed E-state index contributed by atoms with van der Waals surface area (Å²) in [6.07, 6.45) is 0.787. The second kappa shape index (κ2) is 13.6. The summed E-state index contributed by atoms with van der Waals surface area (Å²) in [5, 5.41) is 3.28. The summed E-state index contributed by atoms with van der Waals surface area (Å²) >= 11 is 7.75. The van der Waals surface area contributed by atoms with Crippen LogP contribution in [-0.4, -0.2) is 39.8 Å². The minimum Gasteiger partial charge on any atom is -0.494 e. The number of nitrogens with one attached hydrogen (secondary N) is 1. The van der Waals surface area contributed by atoms with Gasteiger partial charge in [0.2, 0.25) is 5.91 Å². The molecular formula is C27H31ClN2O4S2. The molecule has 0 unspecified atom stereocenters. The Hall–Kier alpha value is -2.68. The van der Waals surface area contributed by atoms with Gasteiger partial charge in [-0.05, 0) is 85.7 Å². The van der Waals surface area contributed by atoms with E-state index < -0.39 is 10.0 Å². The van der Waals surface area contributed by atoms with Gasteiger partial charge >= 0.3 is 0 Å². The molecule has 0 fully saturated rings. The molecule has 3 aromatic carbocycles. The number of anilines is 1. The summed E-state index contributed by atoms with van der Waals surface area (Å²) in [6, 6.07) is 20.8. The number of sulfonamides is 1. The van der Waals surface area contributed by atoms with Crippen molar-refractivity contribution in [3.63, 3.8) is 0 Å². The molecular weight excluding hydrogens is 516 g/mol. The van der Waals surface area contributed by atoms with Gasteiger partial charge in [0.25, 0.3) is 10.0 Å². The number of thioether (sulfide) groups is 1. The van der Waals surface area contributed by atoms with Gasteiger partial charge in [0.15, 0.2) is 0 Å². The molecule has 0 atom stereocenters. The van der Waals surface area contributed by atoms with Crippen LogP contribution >= 0.6 is 23.4 Å². The summed E-state index contributed by atoms with van der Waals surface area (Å²) in [6.45, 7) is 4.60. The zero-order valence-corrected chi connectivity index (χ0v) is 22.8. The standard InChI is InChI=1S/C27H31ClN2O4S2/c1-3-34-25-13-11-24(12-14-25)30(36(32,33)26-15-9-23(28)10-16-26)19-27(31)29-17-6-18-35-20-22-8-5-4-7-21(22)2/h4-5,7-16H,3,6,17-20H2,1-2H3,(H,29,31). The van der Waals surface area contributed by atoms with Gasteiger partial charge < -0.3 is 10.1 Å². The summed E-state index contributed by atoms with van der Waals surface area (Å²) in [7, 11) is -4.00. The molecule has 9 heteroatoms. The summed E-state index contributed by atoms with van der Waals surface area (Å²) < 4.78 is 33.4. The minimum absolute atomic E-state index is 0.0567. The van der Waals surface area contributed by atoms with E-state index >= 15 is 0 Å². The number of rotatable bonds is 13. The first-order valence-electron chi connectivity index (χ1n) is 11.7. The van der Waals surface area contributed by atoms with Crippen molar-refractivity contribution in [3.8, 4) is 5.75 Å². The molecule has 0 saturated heterocycles. The van der Waals surface area contributed by atoms with Crippen molar-refractivity contribution in [2.45, 2.75) is 30.9 Å². The maximum Gasteiger partial charge on any atom is 0.264 e. The van der Waals surface area contributed by atoms with Crippen LogP contribution in [0, 0.1) is 6.92 Å². The van der Waals surface area contributed by atoms with Crippen LogP contribution < -0.4 is 14.4 Å². The molecule has 0 aliphatic rings. The van der Waals surface area contributed by atoms with Gasteiger partial charge in [0, 0.05) is 17.3 Å². The van der Waals surface area contributed by atoms with Crippen molar-refractivity contribution in [2.24, 2.45) is 0 Å². The van der Waals surface area contributed by atoms with E-state index in [4.69, 9.17) is 16.3 Å². The molecule has 0 radical (unpaired) electrons. The average molecular weight is 547 g/mol. The third-order valence-electron chi connectivity index (χ3n) is 5.43. The van der Waals surface area contributed by atoms with E-state index in [2.05, 4.69) is 24.4 Å². The number of hydrogen-bond acceptors (Lipinski definition) is 5. The highest BCUT2D eigenvalue weighted by Crippen LogP contribution is 2.26. The van der Waals surface area contributed by atoms with Crippen molar-refractivity contribution in [1.82, 2.24) is 5.32 Å². The largest absolute Gasteiger partial charge is 0.494 e. The highest BCUT2D eigenvalue weighted by molar-refractivity contribution is 7.98. The lowest BCUT2D eigenvalue weighted by Gasteiger charge is -2.24. The van der Waals surface area contributed by atoms with Gasteiger partial charge in [-0.2, -0.15) is 11.8 Å². The maximum atomic E-state index is 13.4. The van der Waals surface area contributed by atoms with Crippen molar-refractivity contribution >= 4 is 45.0 Å². The molecule has 0 saturated carbocycles. The smallest absolute Gasteiger partial charge is 0.264 e. The Balaban J connectivity index is 1.61. The molecule has 1 amide bonds. The summed E-state index contributed by atoms with van der Waals surface area (Å²) in [5.41, 5.74) is 2.96. The summed E-state index contributed by atoms with van der Waals surface area (Å²) in [4.78, 5) is 12.8. The monoisotopic (exact) mass is 546 g/mol. The van der Waals surface area contributed by atoms with Crippen LogP contribution in [0.1, 0.15) is 24.5 Å². The first kappa shape index (κ1) is 27.9. The Morgan fingerprint density at radius 3 is 2.39 bits per heavy atom. The van der Waals surface area contributed by atoms with Gasteiger partial charge in [-0.15, -0.1) is 0 Å². The Kier molecular flexibility index (Phi) is 10.5. The number of aryl methyl sites for hydroxylation is 1. The van der Waals surface area contributed by atoms with Gasteiger partial charge in [-0.1, -0.05) is 35.9 Å². The number of nitrogens with zero attached hydrogens (tertiary/aromatic N) is 1. The second-order valence-corrected chi connectivity index (χ2v) is 11.5. The molecule has 1 N–H and O–H groups in total. The SMILES string of the molecule is CCOc1ccc(N(CC(=O)NCCCSCc2ccccc2C)S(=O)(=O)c2ccc(Cl)cc2)cc1. The van der Waals surface area contributed by atoms with E-state index in [1.165, 1.54) is 35.4 Å². The van der Waals surface area contributed by atoms with E-state index in [-0.39, 0.29) is 17.3 Å². The average Bonchev–Trinajstić information content (AvgIpc) is 2.86. The maximum absolute atomic E-state index is 13.4. The fourth-order valence-corrected chi connectivity index (χ4v) is 6.05. The third-order valence-corrected chi connectivity index (χ3v) is 8.56. The number of carbonyl (C=O) groups is 1. The predicted molar refractivity (Wildman–Crippen MR) is 149 cm³/mol. The van der Waals surface area contributed by atoms with E-state index in [1.807, 2.05) is 30.8 Å². The Morgan fingerprint density at radius 2 is 1.72 bits per heavy atom. The summed E-state index contributed by atoms with van der Waals surface area (Å²) in [5.74, 6) is 2.06. The number of benzene rings is 3. The molecule has 0 bridgehead atoms. The Morgan fingerprint density at radius 1 is 1.03 bits per heavy atom. The number of ether oxygens (including phenoxy) is 1. The minimum atomic E-state index is -4.00. The molecule has 0 aromatic heterocycles. The van der Waals surface area contributed by atoms with Crippen molar-refractivity contribution in [3.05, 3.63) is 88.9 Å². The molecule has 0 heterocycles. The highest BCUT2D eigenvalue weighted by Gasteiger charge is 2.27. The fourth-order valence-electron chi connectivity index (χ4n) is 3.47. The van der Waals surface area contributed by atoms with E-state index in [1.54, 1.807) is 24.3 Å². The normalized spacial score (nSPS) is 11.2. The van der Waals surface area contributed by atoms with Gasteiger partial charge in [-0.3, -0.25) is 9.10 Å². The Bertz CT molecular complexity index is 1230. The van der Waals surface area contributed by atoms with Crippen LogP contribution in [0.4, 0.5) is 5.69 Å². The molecule has 3 rings (SSSR count). The van der Waals surface area contributed by atoms with Crippen molar-refractivity contribution in [1.29, 1.82) is 0 Å². The number of hydrogen-bond donors (Lipinski definition) is 1. The quantitative estimate of drug-likeness (QED) is 0.279. The predicted octanol–water partition coefficient (Wildman–Crippen LogP) is 5.68. The van der Waals surface area contributed by atoms with E-state index in [0.29, 0.717) is 29.6 Å². The molecule has 6 nitrogen and oxygen atoms in total. The molecule has 0 aliphatic carbocycles. The van der Waals surface area contributed by atoms with Crippen LogP contribution in [0.15, 0.2) is 77.7 Å². The van der Waals surface area contributed by atoms with Crippen LogP contribution in [0.5, 0.6) is 5.75 Å². The van der Waals surface area contributed by atoms with Gasteiger partial charge in [0.1, 0.15) is 12.3 Å². The highest BCUT2D eigenvalue weighted by atomic mass is 35.5. The third kappa shape index (κ3) is 7.91. The van der Waals surface area contributed by atoms with Crippen molar-refractivity contribution < 1.29 is 17.9 Å². The fraction of sp³-hybridized carbons (Fsp3) is 0.296. The zero-order valence-electron chi connectivity index (χ0n) is 20.4. The molecule has 36 heavy (non-hydrogen) atoms. The molecule has 0 spiro atoms. The lowest BCUT2D eigenvalue weighted by atomic mass is 10.1.